The van der Waals surface area contributed by atoms with E-state index in [9.17, 15) is 0 Å². The van der Waals surface area contributed by atoms with E-state index >= 15 is 0 Å². The van der Waals surface area contributed by atoms with Gasteiger partial charge in [-0.3, -0.25) is 0 Å². The molecule has 1 saturated heterocycles. The molecular formula is C15H35N3. The first-order chi connectivity index (χ1) is 8.76. The normalized spacial score (nSPS) is 17.7. The first kappa shape index (κ1) is 17.9. The van der Waals surface area contributed by atoms with Gasteiger partial charge >= 0.3 is 0 Å². The Kier molecular flexibility index (Phi) is 11.9. The van der Waals surface area contributed by atoms with Crippen LogP contribution in [0, 0.1) is 5.92 Å². The molecule has 3 heteroatoms. The molecule has 0 aromatic heterocycles. The van der Waals surface area contributed by atoms with Gasteiger partial charge in [-0.05, 0) is 71.4 Å². The zero-order valence-electron chi connectivity index (χ0n) is 13.1. The van der Waals surface area contributed by atoms with Crippen molar-refractivity contribution in [2.24, 2.45) is 11.7 Å². The van der Waals surface area contributed by atoms with Crippen molar-refractivity contribution < 1.29 is 0 Å². The van der Waals surface area contributed by atoms with Crippen LogP contribution in [0.3, 0.4) is 0 Å². The standard InChI is InChI=1S/C13H29N3.C2H6/c1-3-15(2)12-13-6-10-16(11-7-13)9-5-4-8-14;1-2/h13H,3-12,14H2,1-2H3;1-2H3. The van der Waals surface area contributed by atoms with E-state index in [-0.39, 0.29) is 0 Å². The molecular weight excluding hydrogens is 222 g/mol. The summed E-state index contributed by atoms with van der Waals surface area (Å²) in [5, 5.41) is 0. The van der Waals surface area contributed by atoms with Gasteiger partial charge in [-0.25, -0.2) is 0 Å². The quantitative estimate of drug-likeness (QED) is 0.711. The van der Waals surface area contributed by atoms with Crippen LogP contribution in [0.1, 0.15) is 46.5 Å². The third-order valence-electron chi connectivity index (χ3n) is 3.75. The summed E-state index contributed by atoms with van der Waals surface area (Å²) >= 11 is 0. The largest absolute Gasteiger partial charge is 0.330 e. The van der Waals surface area contributed by atoms with Crippen LogP contribution in [-0.2, 0) is 0 Å². The molecule has 0 saturated carbocycles. The number of hydrogen-bond acceptors (Lipinski definition) is 3. The number of rotatable bonds is 7. The second-order valence-corrected chi connectivity index (χ2v) is 5.14. The Labute approximate surface area is 115 Å². The Morgan fingerprint density at radius 1 is 1.17 bits per heavy atom. The van der Waals surface area contributed by atoms with Crippen LogP contribution < -0.4 is 5.73 Å². The molecule has 1 heterocycles. The van der Waals surface area contributed by atoms with E-state index in [1.807, 2.05) is 13.8 Å². The zero-order chi connectivity index (χ0) is 13.8. The minimum absolute atomic E-state index is 0.845. The van der Waals surface area contributed by atoms with E-state index in [1.54, 1.807) is 0 Å². The Morgan fingerprint density at radius 2 is 1.78 bits per heavy atom. The van der Waals surface area contributed by atoms with E-state index < -0.39 is 0 Å². The molecule has 0 atom stereocenters. The van der Waals surface area contributed by atoms with Crippen molar-refractivity contribution in [3.63, 3.8) is 0 Å². The molecule has 0 spiro atoms. The molecule has 0 radical (unpaired) electrons. The fourth-order valence-electron chi connectivity index (χ4n) is 2.44. The highest BCUT2D eigenvalue weighted by atomic mass is 15.1. The van der Waals surface area contributed by atoms with Crippen LogP contribution in [0.15, 0.2) is 0 Å². The maximum Gasteiger partial charge on any atom is 0.000744 e. The van der Waals surface area contributed by atoms with Crippen LogP contribution in [0.2, 0.25) is 0 Å². The fraction of sp³-hybridized carbons (Fsp3) is 1.00. The number of nitrogens with two attached hydrogens (primary N) is 1. The summed E-state index contributed by atoms with van der Waals surface area (Å²) in [4.78, 5) is 5.05. The predicted molar refractivity (Wildman–Crippen MR) is 82.0 cm³/mol. The van der Waals surface area contributed by atoms with Gasteiger partial charge in [-0.2, -0.15) is 0 Å². The SMILES string of the molecule is CC.CCN(C)CC1CCN(CCCCN)CC1. The topological polar surface area (TPSA) is 32.5 Å². The molecule has 0 aromatic carbocycles. The van der Waals surface area contributed by atoms with Gasteiger partial charge in [0.05, 0.1) is 0 Å². The Balaban J connectivity index is 0.00000137. The number of unbranched alkanes of at least 4 members (excludes halogenated alkanes) is 1. The fourth-order valence-corrected chi connectivity index (χ4v) is 2.44. The third kappa shape index (κ3) is 8.06. The van der Waals surface area contributed by atoms with Gasteiger partial charge in [0, 0.05) is 6.54 Å². The van der Waals surface area contributed by atoms with E-state index in [0.29, 0.717) is 0 Å². The maximum atomic E-state index is 5.51. The first-order valence-corrected chi connectivity index (χ1v) is 7.87. The monoisotopic (exact) mass is 257 g/mol. The summed E-state index contributed by atoms with van der Waals surface area (Å²) < 4.78 is 0. The lowest BCUT2D eigenvalue weighted by molar-refractivity contribution is 0.155. The molecule has 0 amide bonds. The van der Waals surface area contributed by atoms with Gasteiger partial charge < -0.3 is 15.5 Å². The van der Waals surface area contributed by atoms with Crippen molar-refractivity contribution in [2.75, 3.05) is 46.3 Å². The lowest BCUT2D eigenvalue weighted by Crippen LogP contribution is -2.38. The van der Waals surface area contributed by atoms with Gasteiger partial charge in [-0.15, -0.1) is 0 Å². The lowest BCUT2D eigenvalue weighted by atomic mass is 9.96. The molecule has 1 aliphatic rings. The first-order valence-electron chi connectivity index (χ1n) is 7.87. The molecule has 1 aliphatic heterocycles. The number of hydrogen-bond donors (Lipinski definition) is 1. The molecule has 0 aromatic rings. The molecule has 0 aliphatic carbocycles. The highest BCUT2D eigenvalue weighted by molar-refractivity contribution is 4.74. The number of piperidine rings is 1. The third-order valence-corrected chi connectivity index (χ3v) is 3.75. The van der Waals surface area contributed by atoms with Gasteiger partial charge in [0.2, 0.25) is 0 Å². The van der Waals surface area contributed by atoms with E-state index in [0.717, 1.165) is 12.5 Å². The number of nitrogens with zero attached hydrogens (tertiary/aromatic N) is 2. The average Bonchev–Trinajstić information content (AvgIpc) is 2.43. The van der Waals surface area contributed by atoms with E-state index in [2.05, 4.69) is 23.8 Å². The summed E-state index contributed by atoms with van der Waals surface area (Å²) in [7, 11) is 2.23. The Morgan fingerprint density at radius 3 is 2.28 bits per heavy atom. The summed E-state index contributed by atoms with van der Waals surface area (Å²) in [6.45, 7) is 13.4. The van der Waals surface area contributed by atoms with Crippen molar-refractivity contribution in [3.05, 3.63) is 0 Å². The van der Waals surface area contributed by atoms with Gasteiger partial charge in [-0.1, -0.05) is 20.8 Å². The Bertz CT molecular complexity index is 165. The van der Waals surface area contributed by atoms with Crippen LogP contribution in [0.4, 0.5) is 0 Å². The molecule has 0 unspecified atom stereocenters. The van der Waals surface area contributed by atoms with Gasteiger partial charge in [0.15, 0.2) is 0 Å². The van der Waals surface area contributed by atoms with E-state index in [1.165, 1.54) is 58.4 Å². The van der Waals surface area contributed by atoms with Crippen molar-refractivity contribution in [1.82, 2.24) is 9.80 Å². The summed E-state index contributed by atoms with van der Waals surface area (Å²) in [6, 6.07) is 0. The minimum atomic E-state index is 0.845. The molecule has 1 rings (SSSR count). The molecule has 18 heavy (non-hydrogen) atoms. The average molecular weight is 257 g/mol. The maximum absolute atomic E-state index is 5.51. The van der Waals surface area contributed by atoms with Crippen LogP contribution in [0.5, 0.6) is 0 Å². The van der Waals surface area contributed by atoms with Crippen molar-refractivity contribution in [3.8, 4) is 0 Å². The molecule has 3 nitrogen and oxygen atoms in total. The summed E-state index contributed by atoms with van der Waals surface area (Å²) in [5.74, 6) is 0.927. The van der Waals surface area contributed by atoms with Crippen molar-refractivity contribution >= 4 is 0 Å². The minimum Gasteiger partial charge on any atom is -0.330 e. The second-order valence-electron chi connectivity index (χ2n) is 5.14. The lowest BCUT2D eigenvalue weighted by Gasteiger charge is -2.33. The van der Waals surface area contributed by atoms with Crippen LogP contribution in [-0.4, -0.2) is 56.1 Å². The molecule has 1 fully saturated rings. The highest BCUT2D eigenvalue weighted by Gasteiger charge is 2.19. The summed E-state index contributed by atoms with van der Waals surface area (Å²) in [5.41, 5.74) is 5.51. The molecule has 110 valence electrons. The van der Waals surface area contributed by atoms with Crippen molar-refractivity contribution in [1.29, 1.82) is 0 Å². The van der Waals surface area contributed by atoms with Gasteiger partial charge in [0.25, 0.3) is 0 Å². The predicted octanol–water partition coefficient (Wildman–Crippen LogP) is 2.42. The number of likely N-dealkylation sites (tertiary alicyclic amines) is 1. The van der Waals surface area contributed by atoms with Crippen LogP contribution >= 0.6 is 0 Å². The van der Waals surface area contributed by atoms with Crippen molar-refractivity contribution in [2.45, 2.75) is 46.5 Å². The smallest absolute Gasteiger partial charge is 0.000744 e. The Hall–Kier alpha value is -0.120. The molecule has 0 bridgehead atoms. The van der Waals surface area contributed by atoms with E-state index in [4.69, 9.17) is 5.73 Å². The van der Waals surface area contributed by atoms with Crippen LogP contribution in [0.25, 0.3) is 0 Å². The highest BCUT2D eigenvalue weighted by Crippen LogP contribution is 2.18. The zero-order valence-corrected chi connectivity index (χ0v) is 13.1. The summed E-state index contributed by atoms with van der Waals surface area (Å²) in [6.07, 6.45) is 5.22. The van der Waals surface area contributed by atoms with Gasteiger partial charge in [0.1, 0.15) is 0 Å². The molecule has 2 N–H and O–H groups in total. The second kappa shape index (κ2) is 11.9.